The van der Waals surface area contributed by atoms with Crippen molar-refractivity contribution in [3.8, 4) is 0 Å². The fourth-order valence-electron chi connectivity index (χ4n) is 5.33. The number of hydrogen-bond donors (Lipinski definition) is 0. The molecule has 0 spiro atoms. The minimum absolute atomic E-state index is 0.620. The molecule has 5 heteroatoms. The van der Waals surface area contributed by atoms with Crippen LogP contribution in [-0.2, 0) is 6.54 Å². The topological polar surface area (TPSA) is 21.1 Å². The van der Waals surface area contributed by atoms with E-state index >= 15 is 0 Å². The number of rotatable bonds is 6. The summed E-state index contributed by atoms with van der Waals surface area (Å²) in [5.74, 6) is 2.57. The van der Waals surface area contributed by atoms with Crippen molar-refractivity contribution < 1.29 is 0 Å². The van der Waals surface area contributed by atoms with Crippen LogP contribution in [0.5, 0.6) is 0 Å². The third-order valence-corrected chi connectivity index (χ3v) is 7.81. The zero-order valence-corrected chi connectivity index (χ0v) is 20.9. The van der Waals surface area contributed by atoms with Crippen molar-refractivity contribution in [3.05, 3.63) is 69.4 Å². The van der Waals surface area contributed by atoms with Crippen LogP contribution in [0.3, 0.4) is 0 Å². The fraction of sp³-hybridized carbons (Fsp3) is 0.444. The summed E-state index contributed by atoms with van der Waals surface area (Å²) >= 11 is 9.69. The summed E-state index contributed by atoms with van der Waals surface area (Å²) in [7, 11) is 0. The van der Waals surface area contributed by atoms with Crippen LogP contribution in [0.15, 0.2) is 53.0 Å². The van der Waals surface area contributed by atoms with Crippen molar-refractivity contribution in [2.45, 2.75) is 45.1 Å². The molecule has 1 saturated carbocycles. The van der Waals surface area contributed by atoms with Crippen molar-refractivity contribution in [2.24, 2.45) is 11.8 Å². The van der Waals surface area contributed by atoms with Crippen molar-refractivity contribution in [1.29, 1.82) is 0 Å². The zero-order chi connectivity index (χ0) is 21.9. The van der Waals surface area contributed by atoms with Crippen LogP contribution in [0, 0.1) is 11.8 Å². The van der Waals surface area contributed by atoms with Crippen LogP contribution in [-0.4, -0.2) is 34.1 Å². The number of nitrogens with zero attached hydrogens (tertiary/aromatic N) is 3. The van der Waals surface area contributed by atoms with E-state index in [2.05, 4.69) is 67.9 Å². The molecule has 32 heavy (non-hydrogen) atoms. The highest BCUT2D eigenvalue weighted by molar-refractivity contribution is 9.10. The van der Waals surface area contributed by atoms with Gasteiger partial charge in [-0.25, -0.2) is 4.98 Å². The molecule has 1 unspecified atom stereocenters. The molecule has 2 heterocycles. The highest BCUT2D eigenvalue weighted by atomic mass is 79.9. The second kappa shape index (κ2) is 10.1. The maximum Gasteiger partial charge on any atom is 0.133 e. The van der Waals surface area contributed by atoms with Gasteiger partial charge in [-0.2, -0.15) is 0 Å². The third kappa shape index (κ3) is 5.30. The Morgan fingerprint density at radius 2 is 1.84 bits per heavy atom. The molecule has 0 amide bonds. The maximum atomic E-state index is 6.09. The predicted octanol–water partition coefficient (Wildman–Crippen LogP) is 7.42. The van der Waals surface area contributed by atoms with E-state index in [0.717, 1.165) is 38.8 Å². The van der Waals surface area contributed by atoms with Crippen molar-refractivity contribution in [3.63, 3.8) is 0 Å². The summed E-state index contributed by atoms with van der Waals surface area (Å²) in [6.45, 7) is 4.51. The van der Waals surface area contributed by atoms with Crippen LogP contribution in [0.4, 0.5) is 0 Å². The summed E-state index contributed by atoms with van der Waals surface area (Å²) in [6, 6.07) is 14.5. The molecule has 3 aromatic rings. The monoisotopic (exact) mass is 511 g/mol. The Kier molecular flexibility index (Phi) is 7.01. The lowest BCUT2D eigenvalue weighted by Crippen LogP contribution is -2.28. The number of benzene rings is 2. The Hall–Kier alpha value is -1.62. The van der Waals surface area contributed by atoms with Crippen LogP contribution in [0.25, 0.3) is 17.1 Å². The Balaban J connectivity index is 1.33. The first-order valence-corrected chi connectivity index (χ1v) is 13.1. The standard InChI is InChI=1S/C27H31BrClN3/c28-23-9-12-26-25(16-23)30-27(32(26)19-21-6-10-24(29)11-7-21)13-8-22-14-15-31(18-22)17-20-4-2-1-3-5-20/h6-13,16,20,22H,1-5,14-15,17-19H2. The van der Waals surface area contributed by atoms with Crippen LogP contribution in [0.2, 0.25) is 5.02 Å². The molecule has 5 rings (SSSR count). The fourth-order valence-corrected chi connectivity index (χ4v) is 5.80. The second-order valence-electron chi connectivity index (χ2n) is 9.49. The number of fused-ring (bicyclic) bond motifs is 1. The van der Waals surface area contributed by atoms with Gasteiger partial charge in [0.25, 0.3) is 0 Å². The molecule has 2 aliphatic rings. The van der Waals surface area contributed by atoms with Gasteiger partial charge in [-0.3, -0.25) is 0 Å². The maximum absolute atomic E-state index is 6.09. The van der Waals surface area contributed by atoms with Crippen LogP contribution >= 0.6 is 27.5 Å². The van der Waals surface area contributed by atoms with E-state index in [4.69, 9.17) is 16.6 Å². The number of hydrogen-bond acceptors (Lipinski definition) is 2. The highest BCUT2D eigenvalue weighted by Crippen LogP contribution is 2.28. The lowest BCUT2D eigenvalue weighted by molar-refractivity contribution is 0.231. The Morgan fingerprint density at radius 3 is 2.66 bits per heavy atom. The van der Waals surface area contributed by atoms with Gasteiger partial charge < -0.3 is 9.47 Å². The lowest BCUT2D eigenvalue weighted by atomic mass is 9.89. The number of aromatic nitrogens is 2. The molecular formula is C27H31BrClN3. The Bertz CT molecular complexity index is 1080. The van der Waals surface area contributed by atoms with Gasteiger partial charge in [-0.05, 0) is 79.6 Å². The molecule has 1 saturated heterocycles. The molecule has 2 aromatic carbocycles. The van der Waals surface area contributed by atoms with Gasteiger partial charge in [0.15, 0.2) is 0 Å². The van der Waals surface area contributed by atoms with E-state index in [0.29, 0.717) is 5.92 Å². The molecular weight excluding hydrogens is 482 g/mol. The first-order chi connectivity index (χ1) is 15.6. The van der Waals surface area contributed by atoms with E-state index in [-0.39, 0.29) is 0 Å². The molecule has 0 N–H and O–H groups in total. The molecule has 3 nitrogen and oxygen atoms in total. The highest BCUT2D eigenvalue weighted by Gasteiger charge is 2.24. The molecule has 1 aliphatic carbocycles. The number of halogens is 2. The molecule has 2 fully saturated rings. The van der Waals surface area contributed by atoms with Crippen molar-refractivity contribution in [2.75, 3.05) is 19.6 Å². The van der Waals surface area contributed by atoms with Gasteiger partial charge in [0.2, 0.25) is 0 Å². The number of imidazole rings is 1. The summed E-state index contributed by atoms with van der Waals surface area (Å²) in [5, 5.41) is 0.771. The van der Waals surface area contributed by atoms with E-state index in [1.807, 2.05) is 12.1 Å². The number of likely N-dealkylation sites (tertiary alicyclic amines) is 1. The van der Waals surface area contributed by atoms with Gasteiger partial charge in [0.05, 0.1) is 11.0 Å². The SMILES string of the molecule is Clc1ccc(Cn2c(C=CC3CCN(CC4CCCCC4)C3)nc3cc(Br)ccc32)cc1. The molecule has 0 radical (unpaired) electrons. The lowest BCUT2D eigenvalue weighted by Gasteiger charge is -2.26. The minimum atomic E-state index is 0.620. The summed E-state index contributed by atoms with van der Waals surface area (Å²) < 4.78 is 3.38. The zero-order valence-electron chi connectivity index (χ0n) is 18.5. The quantitative estimate of drug-likeness (QED) is 0.343. The minimum Gasteiger partial charge on any atom is -0.320 e. The van der Waals surface area contributed by atoms with Gasteiger partial charge in [-0.15, -0.1) is 0 Å². The van der Waals surface area contributed by atoms with Gasteiger partial charge >= 0.3 is 0 Å². The predicted molar refractivity (Wildman–Crippen MR) is 138 cm³/mol. The molecule has 168 valence electrons. The average Bonchev–Trinajstić information content (AvgIpc) is 3.38. The van der Waals surface area contributed by atoms with Crippen LogP contribution in [0.1, 0.15) is 49.9 Å². The summed E-state index contributed by atoms with van der Waals surface area (Å²) in [4.78, 5) is 7.66. The van der Waals surface area contributed by atoms with Crippen molar-refractivity contribution >= 4 is 44.6 Å². The first kappa shape index (κ1) is 22.2. The van der Waals surface area contributed by atoms with Gasteiger partial charge in [0.1, 0.15) is 5.82 Å². The Morgan fingerprint density at radius 1 is 1.03 bits per heavy atom. The summed E-state index contributed by atoms with van der Waals surface area (Å²) in [6.07, 6.45) is 13.1. The van der Waals surface area contributed by atoms with E-state index < -0.39 is 0 Å². The van der Waals surface area contributed by atoms with Crippen molar-refractivity contribution in [1.82, 2.24) is 14.5 Å². The van der Waals surface area contributed by atoms with Gasteiger partial charge in [0, 0.05) is 29.1 Å². The second-order valence-corrected chi connectivity index (χ2v) is 10.8. The average molecular weight is 513 g/mol. The van der Waals surface area contributed by atoms with E-state index in [1.54, 1.807) is 0 Å². The Labute approximate surface area is 204 Å². The largest absolute Gasteiger partial charge is 0.320 e. The molecule has 1 aliphatic heterocycles. The summed E-state index contributed by atoms with van der Waals surface area (Å²) in [5.41, 5.74) is 3.41. The molecule has 0 bridgehead atoms. The van der Waals surface area contributed by atoms with E-state index in [9.17, 15) is 0 Å². The first-order valence-electron chi connectivity index (χ1n) is 11.9. The molecule has 1 aromatic heterocycles. The molecule has 1 atom stereocenters. The van der Waals surface area contributed by atoms with E-state index in [1.165, 1.54) is 63.7 Å². The van der Waals surface area contributed by atoms with Crippen LogP contribution < -0.4 is 0 Å². The normalized spacial score (nSPS) is 20.6. The van der Waals surface area contributed by atoms with Gasteiger partial charge in [-0.1, -0.05) is 65.0 Å². The smallest absolute Gasteiger partial charge is 0.133 e. The third-order valence-electron chi connectivity index (χ3n) is 7.06.